The fourth-order valence-electron chi connectivity index (χ4n) is 5.01. The molecule has 0 spiro atoms. The first-order valence-electron chi connectivity index (χ1n) is 12.4. The van der Waals surface area contributed by atoms with Gasteiger partial charge in [0.25, 0.3) is 5.91 Å². The number of morpholine rings is 1. The van der Waals surface area contributed by atoms with Gasteiger partial charge in [0.1, 0.15) is 11.4 Å². The highest BCUT2D eigenvalue weighted by molar-refractivity contribution is 5.92. The molecular formula is C27H35N3O4. The number of hydrogen-bond acceptors (Lipinski definition) is 6. The molecule has 0 bridgehead atoms. The predicted octanol–water partition coefficient (Wildman–Crippen LogP) is 3.97. The molecule has 0 N–H and O–H groups in total. The number of rotatable bonds is 3. The zero-order valence-corrected chi connectivity index (χ0v) is 20.5. The van der Waals surface area contributed by atoms with Crippen LogP contribution in [0.25, 0.3) is 11.1 Å². The minimum atomic E-state index is -0.174. The van der Waals surface area contributed by atoms with Crippen LogP contribution in [0.2, 0.25) is 0 Å². The van der Waals surface area contributed by atoms with Crippen LogP contribution in [0.15, 0.2) is 36.5 Å². The molecule has 4 heterocycles. The minimum Gasteiger partial charge on any atom is -0.464 e. The maximum absolute atomic E-state index is 12.6. The van der Waals surface area contributed by atoms with E-state index in [0.717, 1.165) is 48.4 Å². The Morgan fingerprint density at radius 2 is 1.74 bits per heavy atom. The smallest absolute Gasteiger partial charge is 0.272 e. The third-order valence-corrected chi connectivity index (χ3v) is 7.19. The van der Waals surface area contributed by atoms with E-state index in [4.69, 9.17) is 14.2 Å². The molecule has 2 aromatic rings. The van der Waals surface area contributed by atoms with E-state index in [9.17, 15) is 4.79 Å². The number of piperidine rings is 1. The number of ether oxygens (including phenoxy) is 3. The molecule has 5 rings (SSSR count). The van der Waals surface area contributed by atoms with Crippen LogP contribution < -0.4 is 4.74 Å². The summed E-state index contributed by atoms with van der Waals surface area (Å²) in [5, 5.41) is 0. The van der Waals surface area contributed by atoms with Crippen LogP contribution in [0.5, 0.6) is 5.75 Å². The fraction of sp³-hybridized carbons (Fsp3) is 0.556. The van der Waals surface area contributed by atoms with Gasteiger partial charge in [0, 0.05) is 41.9 Å². The van der Waals surface area contributed by atoms with Gasteiger partial charge < -0.3 is 19.1 Å². The van der Waals surface area contributed by atoms with Crippen LogP contribution >= 0.6 is 0 Å². The molecule has 1 amide bonds. The Balaban J connectivity index is 1.22. The molecule has 1 atom stereocenters. The molecule has 34 heavy (non-hydrogen) atoms. The molecular weight excluding hydrogens is 430 g/mol. The second kappa shape index (κ2) is 9.64. The number of carbonyl (C=O) groups is 1. The molecule has 0 radical (unpaired) electrons. The lowest BCUT2D eigenvalue weighted by Gasteiger charge is -2.43. The number of pyridine rings is 1. The number of aromatic nitrogens is 1. The van der Waals surface area contributed by atoms with Crippen molar-refractivity contribution in [2.75, 3.05) is 39.4 Å². The highest BCUT2D eigenvalue weighted by atomic mass is 16.7. The third-order valence-electron chi connectivity index (χ3n) is 7.19. The lowest BCUT2D eigenvalue weighted by Crippen LogP contribution is -2.48. The molecule has 1 aromatic carbocycles. The Bertz CT molecular complexity index is 1000. The van der Waals surface area contributed by atoms with Gasteiger partial charge in [0.05, 0.1) is 19.8 Å². The zero-order valence-electron chi connectivity index (χ0n) is 20.5. The second-order valence-corrected chi connectivity index (χ2v) is 10.5. The monoisotopic (exact) mass is 465 g/mol. The molecule has 1 unspecified atom stereocenters. The minimum absolute atomic E-state index is 0.0403. The Morgan fingerprint density at radius 1 is 1.00 bits per heavy atom. The van der Waals surface area contributed by atoms with Crippen molar-refractivity contribution in [3.8, 4) is 16.9 Å². The van der Waals surface area contributed by atoms with E-state index < -0.39 is 0 Å². The summed E-state index contributed by atoms with van der Waals surface area (Å²) in [6, 6.07) is 9.97. The van der Waals surface area contributed by atoms with E-state index in [-0.39, 0.29) is 17.7 Å². The van der Waals surface area contributed by atoms with Crippen molar-refractivity contribution < 1.29 is 19.0 Å². The average Bonchev–Trinajstić information content (AvgIpc) is 2.88. The molecule has 7 heteroatoms. The Hall–Kier alpha value is -2.48. The highest BCUT2D eigenvalue weighted by Gasteiger charge is 2.34. The van der Waals surface area contributed by atoms with Gasteiger partial charge >= 0.3 is 0 Å². The highest BCUT2D eigenvalue weighted by Crippen LogP contribution is 2.35. The average molecular weight is 466 g/mol. The molecule has 0 aliphatic carbocycles. The third kappa shape index (κ3) is 4.97. The van der Waals surface area contributed by atoms with E-state index in [1.54, 1.807) is 17.2 Å². The number of amides is 1. The maximum Gasteiger partial charge on any atom is 0.272 e. The van der Waals surface area contributed by atoms with E-state index in [0.29, 0.717) is 44.5 Å². The molecule has 3 aliphatic heterocycles. The van der Waals surface area contributed by atoms with Crippen molar-refractivity contribution >= 4 is 5.91 Å². The van der Waals surface area contributed by atoms with E-state index in [2.05, 4.69) is 42.8 Å². The van der Waals surface area contributed by atoms with Crippen molar-refractivity contribution in [3.63, 3.8) is 0 Å². The van der Waals surface area contributed by atoms with E-state index >= 15 is 0 Å². The van der Waals surface area contributed by atoms with Crippen molar-refractivity contribution in [3.05, 3.63) is 47.8 Å². The molecule has 182 valence electrons. The Kier molecular flexibility index (Phi) is 6.60. The number of nitrogens with zero attached hydrogens (tertiary/aromatic N) is 3. The summed E-state index contributed by atoms with van der Waals surface area (Å²) in [4.78, 5) is 21.4. The van der Waals surface area contributed by atoms with Crippen LogP contribution in [0.4, 0.5) is 0 Å². The van der Waals surface area contributed by atoms with Gasteiger partial charge in [-0.25, -0.2) is 0 Å². The standard InChI is InChI=1S/C27H35N3O4/c1-27(2,3)30-10-8-19(9-11-30)26-33-18-22-16-20(5-7-24(22)34-26)21-4-6-23(28-17-21)25(31)29-12-14-32-15-13-29/h4-7,16-17,19,26H,8-15,18H2,1-3H3. The number of carbonyl (C=O) groups excluding carboxylic acids is 1. The summed E-state index contributed by atoms with van der Waals surface area (Å²) >= 11 is 0. The summed E-state index contributed by atoms with van der Waals surface area (Å²) in [5.74, 6) is 1.29. The van der Waals surface area contributed by atoms with Gasteiger partial charge in [-0.3, -0.25) is 14.7 Å². The van der Waals surface area contributed by atoms with Gasteiger partial charge in [-0.2, -0.15) is 0 Å². The Morgan fingerprint density at radius 3 is 2.41 bits per heavy atom. The first-order chi connectivity index (χ1) is 16.4. The first kappa shape index (κ1) is 23.3. The number of likely N-dealkylation sites (tertiary alicyclic amines) is 1. The number of fused-ring (bicyclic) bond motifs is 1. The summed E-state index contributed by atoms with van der Waals surface area (Å²) < 4.78 is 17.8. The fourth-order valence-corrected chi connectivity index (χ4v) is 5.01. The normalized spacial score (nSPS) is 22.2. The molecule has 0 saturated carbocycles. The van der Waals surface area contributed by atoms with Crippen LogP contribution in [-0.2, 0) is 16.1 Å². The zero-order chi connectivity index (χ0) is 23.7. The van der Waals surface area contributed by atoms with Crippen molar-refractivity contribution in [2.45, 2.75) is 52.0 Å². The molecule has 1 aromatic heterocycles. The quantitative estimate of drug-likeness (QED) is 0.684. The Labute approximate surface area is 202 Å². The van der Waals surface area contributed by atoms with Crippen molar-refractivity contribution in [2.24, 2.45) is 5.92 Å². The topological polar surface area (TPSA) is 64.1 Å². The largest absolute Gasteiger partial charge is 0.464 e. The lowest BCUT2D eigenvalue weighted by atomic mass is 9.92. The van der Waals surface area contributed by atoms with Crippen LogP contribution in [-0.4, -0.2) is 71.9 Å². The molecule has 2 saturated heterocycles. The van der Waals surface area contributed by atoms with Crippen LogP contribution in [0.3, 0.4) is 0 Å². The maximum atomic E-state index is 12.6. The van der Waals surface area contributed by atoms with Crippen molar-refractivity contribution in [1.82, 2.24) is 14.8 Å². The molecule has 7 nitrogen and oxygen atoms in total. The lowest BCUT2D eigenvalue weighted by molar-refractivity contribution is -0.151. The van der Waals surface area contributed by atoms with E-state index in [1.807, 2.05) is 12.1 Å². The second-order valence-electron chi connectivity index (χ2n) is 10.5. The molecule has 3 aliphatic rings. The van der Waals surface area contributed by atoms with Crippen LogP contribution in [0.1, 0.15) is 49.7 Å². The number of hydrogen-bond donors (Lipinski definition) is 0. The molecule has 2 fully saturated rings. The predicted molar refractivity (Wildman–Crippen MR) is 130 cm³/mol. The number of benzene rings is 1. The first-order valence-corrected chi connectivity index (χ1v) is 12.4. The summed E-state index contributed by atoms with van der Waals surface area (Å²) in [7, 11) is 0. The van der Waals surface area contributed by atoms with Gasteiger partial charge in [-0.05, 0) is 70.5 Å². The summed E-state index contributed by atoms with van der Waals surface area (Å²) in [6.07, 6.45) is 3.78. The van der Waals surface area contributed by atoms with Gasteiger partial charge in [0.2, 0.25) is 6.29 Å². The van der Waals surface area contributed by atoms with E-state index in [1.165, 1.54) is 0 Å². The summed E-state index contributed by atoms with van der Waals surface area (Å²) in [6.45, 7) is 11.9. The SMILES string of the molecule is CC(C)(C)N1CCC(C2OCc3cc(-c4ccc(C(=O)N5CCOCC5)nc4)ccc3O2)CC1. The van der Waals surface area contributed by atoms with Gasteiger partial charge in [-0.15, -0.1) is 0 Å². The summed E-state index contributed by atoms with van der Waals surface area (Å²) in [5.41, 5.74) is 3.74. The van der Waals surface area contributed by atoms with Crippen molar-refractivity contribution in [1.29, 1.82) is 0 Å². The van der Waals surface area contributed by atoms with Gasteiger partial charge in [-0.1, -0.05) is 12.1 Å². The van der Waals surface area contributed by atoms with Crippen LogP contribution in [0, 0.1) is 5.92 Å². The van der Waals surface area contributed by atoms with Gasteiger partial charge in [0.15, 0.2) is 0 Å².